The Kier molecular flexibility index (Phi) is 3.78. The zero-order chi connectivity index (χ0) is 13.3. The summed E-state index contributed by atoms with van der Waals surface area (Å²) in [5.74, 6) is -0.250. The van der Waals surface area contributed by atoms with E-state index in [4.69, 9.17) is 11.6 Å². The maximum atomic E-state index is 12.0. The summed E-state index contributed by atoms with van der Waals surface area (Å²) in [6.45, 7) is 3.63. The summed E-state index contributed by atoms with van der Waals surface area (Å²) in [5.41, 5.74) is 0.744. The predicted molar refractivity (Wildman–Crippen MR) is 74.4 cm³/mol. The lowest BCUT2D eigenvalue weighted by Crippen LogP contribution is -2.34. The van der Waals surface area contributed by atoms with Gasteiger partial charge < -0.3 is 0 Å². The van der Waals surface area contributed by atoms with Gasteiger partial charge in [-0.3, -0.25) is 14.5 Å². The van der Waals surface area contributed by atoms with Gasteiger partial charge in [0.1, 0.15) is 0 Å². The Labute approximate surface area is 115 Å². The second-order valence-electron chi connectivity index (χ2n) is 4.17. The van der Waals surface area contributed by atoms with Gasteiger partial charge in [0.15, 0.2) is 0 Å². The molecule has 0 N–H and O–H groups in total. The summed E-state index contributed by atoms with van der Waals surface area (Å²) in [6, 6.07) is 7.09. The SMILES string of the molecule is CC(C)N1C(=O)S/C(=C/c2ccccc2Cl)C1=O. The molecule has 1 aliphatic heterocycles. The van der Waals surface area contributed by atoms with Crippen molar-refractivity contribution in [2.24, 2.45) is 0 Å². The minimum Gasteiger partial charge on any atom is -0.268 e. The molecule has 0 saturated carbocycles. The van der Waals surface area contributed by atoms with Gasteiger partial charge in [-0.05, 0) is 43.3 Å². The fraction of sp³-hybridized carbons (Fsp3) is 0.231. The molecule has 0 radical (unpaired) electrons. The van der Waals surface area contributed by atoms with E-state index in [1.165, 1.54) is 4.90 Å². The summed E-state index contributed by atoms with van der Waals surface area (Å²) in [6.07, 6.45) is 1.66. The fourth-order valence-corrected chi connectivity index (χ4v) is 2.80. The molecule has 1 aliphatic rings. The normalized spacial score (nSPS) is 18.2. The molecule has 5 heteroatoms. The second-order valence-corrected chi connectivity index (χ2v) is 5.57. The number of imide groups is 1. The van der Waals surface area contributed by atoms with Gasteiger partial charge in [-0.25, -0.2) is 0 Å². The van der Waals surface area contributed by atoms with Crippen LogP contribution in [0.15, 0.2) is 29.2 Å². The topological polar surface area (TPSA) is 37.4 Å². The zero-order valence-electron chi connectivity index (χ0n) is 10.0. The highest BCUT2D eigenvalue weighted by Gasteiger charge is 2.36. The van der Waals surface area contributed by atoms with Gasteiger partial charge in [0, 0.05) is 11.1 Å². The van der Waals surface area contributed by atoms with Gasteiger partial charge in [-0.2, -0.15) is 0 Å². The highest BCUT2D eigenvalue weighted by atomic mass is 35.5. The first kappa shape index (κ1) is 13.2. The molecule has 2 amide bonds. The summed E-state index contributed by atoms with van der Waals surface area (Å²) < 4.78 is 0. The molecular formula is C13H12ClNO2S. The Morgan fingerprint density at radius 1 is 1.28 bits per heavy atom. The van der Waals surface area contributed by atoms with Crippen LogP contribution in [0, 0.1) is 0 Å². The van der Waals surface area contributed by atoms with Crippen molar-refractivity contribution < 1.29 is 9.59 Å². The third-order valence-electron chi connectivity index (χ3n) is 2.53. The highest BCUT2D eigenvalue weighted by Crippen LogP contribution is 2.34. The van der Waals surface area contributed by atoms with Gasteiger partial charge in [-0.15, -0.1) is 0 Å². The predicted octanol–water partition coefficient (Wildman–Crippen LogP) is 3.78. The van der Waals surface area contributed by atoms with Crippen molar-refractivity contribution in [2.45, 2.75) is 19.9 Å². The summed E-state index contributed by atoms with van der Waals surface area (Å²) in [4.78, 5) is 25.4. The Bertz CT molecular complexity index is 540. The lowest BCUT2D eigenvalue weighted by Gasteiger charge is -2.16. The van der Waals surface area contributed by atoms with Crippen LogP contribution in [-0.4, -0.2) is 22.1 Å². The summed E-state index contributed by atoms with van der Waals surface area (Å²) >= 11 is 6.98. The van der Waals surface area contributed by atoms with Crippen LogP contribution >= 0.6 is 23.4 Å². The lowest BCUT2D eigenvalue weighted by molar-refractivity contribution is -0.123. The number of carbonyl (C=O) groups excluding carboxylic acids is 2. The molecule has 0 bridgehead atoms. The molecule has 0 aromatic heterocycles. The van der Waals surface area contributed by atoms with E-state index in [0.29, 0.717) is 9.93 Å². The molecule has 0 spiro atoms. The standard InChI is InChI=1S/C13H12ClNO2S/c1-8(2)15-12(16)11(18-13(15)17)7-9-5-3-4-6-10(9)14/h3-8H,1-2H3/b11-7+. The van der Waals surface area contributed by atoms with E-state index in [-0.39, 0.29) is 17.2 Å². The molecule has 1 fully saturated rings. The quantitative estimate of drug-likeness (QED) is 0.774. The third-order valence-corrected chi connectivity index (χ3v) is 3.76. The van der Waals surface area contributed by atoms with Crippen LogP contribution in [0.25, 0.3) is 6.08 Å². The number of rotatable bonds is 2. The van der Waals surface area contributed by atoms with Crippen molar-refractivity contribution in [3.8, 4) is 0 Å². The summed E-state index contributed by atoms with van der Waals surface area (Å²) in [7, 11) is 0. The Balaban J connectivity index is 2.34. The van der Waals surface area contributed by atoms with Gasteiger partial charge in [0.05, 0.1) is 4.91 Å². The van der Waals surface area contributed by atoms with E-state index in [2.05, 4.69) is 0 Å². The molecule has 1 heterocycles. The number of hydrogen-bond acceptors (Lipinski definition) is 3. The third kappa shape index (κ3) is 2.44. The van der Waals surface area contributed by atoms with Crippen molar-refractivity contribution in [3.63, 3.8) is 0 Å². The Morgan fingerprint density at radius 2 is 1.94 bits per heavy atom. The van der Waals surface area contributed by atoms with Crippen LogP contribution < -0.4 is 0 Å². The maximum Gasteiger partial charge on any atom is 0.293 e. The molecule has 18 heavy (non-hydrogen) atoms. The van der Waals surface area contributed by atoms with Crippen molar-refractivity contribution in [3.05, 3.63) is 39.8 Å². The number of carbonyl (C=O) groups is 2. The van der Waals surface area contributed by atoms with E-state index >= 15 is 0 Å². The van der Waals surface area contributed by atoms with Crippen LogP contribution in [0.1, 0.15) is 19.4 Å². The monoisotopic (exact) mass is 281 g/mol. The Hall–Kier alpha value is -1.26. The fourth-order valence-electron chi connectivity index (χ4n) is 1.66. The Morgan fingerprint density at radius 3 is 2.50 bits per heavy atom. The average molecular weight is 282 g/mol. The molecule has 1 aromatic rings. The minimum atomic E-state index is -0.250. The van der Waals surface area contributed by atoms with Gasteiger partial charge in [-0.1, -0.05) is 29.8 Å². The molecule has 3 nitrogen and oxygen atoms in total. The van der Waals surface area contributed by atoms with Gasteiger partial charge in [0.25, 0.3) is 11.1 Å². The number of thioether (sulfide) groups is 1. The van der Waals surface area contributed by atoms with Gasteiger partial charge in [0.2, 0.25) is 0 Å². The molecule has 0 aliphatic carbocycles. The van der Waals surface area contributed by atoms with Crippen molar-refractivity contribution in [2.75, 3.05) is 0 Å². The van der Waals surface area contributed by atoms with E-state index < -0.39 is 0 Å². The number of benzene rings is 1. The van der Waals surface area contributed by atoms with Crippen LogP contribution in [0.3, 0.4) is 0 Å². The number of amides is 2. The molecule has 1 saturated heterocycles. The number of halogens is 1. The van der Waals surface area contributed by atoms with E-state index in [1.54, 1.807) is 12.1 Å². The minimum absolute atomic E-state index is 0.130. The average Bonchev–Trinajstić information content (AvgIpc) is 2.57. The lowest BCUT2D eigenvalue weighted by atomic mass is 10.2. The first-order valence-electron chi connectivity index (χ1n) is 5.52. The summed E-state index contributed by atoms with van der Waals surface area (Å²) in [5, 5.41) is 0.335. The van der Waals surface area contributed by atoms with Gasteiger partial charge >= 0.3 is 0 Å². The van der Waals surface area contributed by atoms with Crippen molar-refractivity contribution in [1.82, 2.24) is 4.90 Å². The van der Waals surface area contributed by atoms with Crippen molar-refractivity contribution >= 4 is 40.6 Å². The first-order valence-corrected chi connectivity index (χ1v) is 6.71. The zero-order valence-corrected chi connectivity index (χ0v) is 11.6. The van der Waals surface area contributed by atoms with E-state index in [0.717, 1.165) is 17.3 Å². The smallest absolute Gasteiger partial charge is 0.268 e. The van der Waals surface area contributed by atoms with Crippen LogP contribution in [0.5, 0.6) is 0 Å². The highest BCUT2D eigenvalue weighted by molar-refractivity contribution is 8.18. The van der Waals surface area contributed by atoms with E-state index in [1.807, 2.05) is 32.0 Å². The molecule has 1 aromatic carbocycles. The molecule has 0 unspecified atom stereocenters. The largest absolute Gasteiger partial charge is 0.293 e. The second kappa shape index (κ2) is 5.16. The number of hydrogen-bond donors (Lipinski definition) is 0. The molecule has 0 atom stereocenters. The van der Waals surface area contributed by atoms with Crippen LogP contribution in [-0.2, 0) is 4.79 Å². The van der Waals surface area contributed by atoms with Crippen molar-refractivity contribution in [1.29, 1.82) is 0 Å². The molecule has 2 rings (SSSR count). The van der Waals surface area contributed by atoms with E-state index in [9.17, 15) is 9.59 Å². The molecule has 94 valence electrons. The maximum absolute atomic E-state index is 12.0. The first-order chi connectivity index (χ1) is 8.50. The molecular weight excluding hydrogens is 270 g/mol. The number of nitrogens with zero attached hydrogens (tertiary/aromatic N) is 1. The van der Waals surface area contributed by atoms with Crippen LogP contribution in [0.2, 0.25) is 5.02 Å². The van der Waals surface area contributed by atoms with Crippen LogP contribution in [0.4, 0.5) is 4.79 Å².